The van der Waals surface area contributed by atoms with Crippen molar-refractivity contribution in [2.45, 2.75) is 13.8 Å². The van der Waals surface area contributed by atoms with Gasteiger partial charge < -0.3 is 0 Å². The van der Waals surface area contributed by atoms with Gasteiger partial charge in [0.2, 0.25) is 0 Å². The molecule has 3 rings (SSSR count). The molecule has 19 heavy (non-hydrogen) atoms. The lowest BCUT2D eigenvalue weighted by Crippen LogP contribution is -1.91. The van der Waals surface area contributed by atoms with E-state index in [2.05, 4.69) is 48.3 Å². The summed E-state index contributed by atoms with van der Waals surface area (Å²) in [7, 11) is 0. The molecule has 0 radical (unpaired) electrons. The van der Waals surface area contributed by atoms with Crippen LogP contribution in [0, 0.1) is 25.2 Å². The van der Waals surface area contributed by atoms with Gasteiger partial charge in [-0.15, -0.1) is 10.2 Å². The summed E-state index contributed by atoms with van der Waals surface area (Å²) in [6, 6.07) is 11.9. The monoisotopic (exact) mass is 248 g/mol. The Balaban J connectivity index is 2.23. The highest BCUT2D eigenvalue weighted by atomic mass is 15.2. The number of nitrogens with zero attached hydrogens (tertiary/aromatic N) is 4. The van der Waals surface area contributed by atoms with Crippen LogP contribution in [0.25, 0.3) is 17.0 Å². The summed E-state index contributed by atoms with van der Waals surface area (Å²) in [5, 5.41) is 17.2. The molecule has 0 spiro atoms. The molecule has 2 aromatic heterocycles. The van der Waals surface area contributed by atoms with E-state index in [0.29, 0.717) is 11.2 Å². The molecule has 2 heterocycles. The molecule has 0 aliphatic carbocycles. The molecular formula is C15H12N4. The summed E-state index contributed by atoms with van der Waals surface area (Å²) in [6.45, 7) is 4.13. The number of aromatic nitrogens is 3. The lowest BCUT2D eigenvalue weighted by Gasteiger charge is -2.03. The molecule has 0 unspecified atom stereocenters. The van der Waals surface area contributed by atoms with E-state index in [1.54, 1.807) is 12.1 Å². The number of rotatable bonds is 1. The first kappa shape index (κ1) is 11.4. The minimum Gasteiger partial charge on any atom is -0.282 e. The first-order chi connectivity index (χ1) is 9.17. The zero-order valence-electron chi connectivity index (χ0n) is 10.8. The van der Waals surface area contributed by atoms with Gasteiger partial charge in [0.15, 0.2) is 11.5 Å². The topological polar surface area (TPSA) is 54.0 Å². The van der Waals surface area contributed by atoms with Crippen molar-refractivity contribution in [2.24, 2.45) is 0 Å². The van der Waals surface area contributed by atoms with Crippen LogP contribution in [0.1, 0.15) is 16.7 Å². The van der Waals surface area contributed by atoms with Crippen molar-refractivity contribution < 1.29 is 0 Å². The van der Waals surface area contributed by atoms with Crippen LogP contribution in [-0.2, 0) is 0 Å². The zero-order chi connectivity index (χ0) is 13.4. The van der Waals surface area contributed by atoms with E-state index in [4.69, 9.17) is 5.26 Å². The number of hydrogen-bond acceptors (Lipinski definition) is 3. The second kappa shape index (κ2) is 4.21. The molecule has 1 aromatic carbocycles. The molecule has 0 N–H and O–H groups in total. The van der Waals surface area contributed by atoms with E-state index >= 15 is 0 Å². The van der Waals surface area contributed by atoms with Crippen LogP contribution in [0.3, 0.4) is 0 Å². The number of pyridine rings is 1. The van der Waals surface area contributed by atoms with Crippen LogP contribution in [0.2, 0.25) is 0 Å². The Kier molecular flexibility index (Phi) is 2.53. The fourth-order valence-corrected chi connectivity index (χ4v) is 2.26. The predicted molar refractivity (Wildman–Crippen MR) is 72.6 cm³/mol. The second-order valence-corrected chi connectivity index (χ2v) is 4.66. The maximum atomic E-state index is 8.89. The van der Waals surface area contributed by atoms with Gasteiger partial charge in [0.25, 0.3) is 0 Å². The molecule has 0 saturated heterocycles. The van der Waals surface area contributed by atoms with Crippen LogP contribution in [0.15, 0.2) is 36.5 Å². The molecular weight excluding hydrogens is 236 g/mol. The molecule has 0 aliphatic rings. The first-order valence-electron chi connectivity index (χ1n) is 6.01. The van der Waals surface area contributed by atoms with Gasteiger partial charge in [-0.25, -0.2) is 0 Å². The van der Waals surface area contributed by atoms with Crippen molar-refractivity contribution in [3.63, 3.8) is 0 Å². The number of hydrogen-bond donors (Lipinski definition) is 0. The van der Waals surface area contributed by atoms with E-state index in [9.17, 15) is 0 Å². The summed E-state index contributed by atoms with van der Waals surface area (Å²) in [4.78, 5) is 0. The third-order valence-corrected chi connectivity index (χ3v) is 3.02. The largest absolute Gasteiger partial charge is 0.282 e. The number of nitriles is 1. The van der Waals surface area contributed by atoms with Crippen molar-refractivity contribution in [1.29, 1.82) is 5.26 Å². The predicted octanol–water partition coefficient (Wildman–Crippen LogP) is 2.88. The van der Waals surface area contributed by atoms with Crippen LogP contribution in [0.4, 0.5) is 0 Å². The SMILES string of the molecule is Cc1cc(C)cc(-c2nnc3cc(C#N)ccn23)c1. The van der Waals surface area contributed by atoms with E-state index in [-0.39, 0.29) is 0 Å². The number of fused-ring (bicyclic) bond motifs is 1. The number of aryl methyl sites for hydroxylation is 2. The average Bonchev–Trinajstić information content (AvgIpc) is 2.80. The Bertz CT molecular complexity index is 788. The van der Waals surface area contributed by atoms with Crippen molar-refractivity contribution in [3.8, 4) is 17.5 Å². The third-order valence-electron chi connectivity index (χ3n) is 3.02. The lowest BCUT2D eigenvalue weighted by molar-refractivity contribution is 1.11. The fourth-order valence-electron chi connectivity index (χ4n) is 2.26. The highest BCUT2D eigenvalue weighted by molar-refractivity contribution is 5.62. The molecule has 0 amide bonds. The average molecular weight is 248 g/mol. The highest BCUT2D eigenvalue weighted by Crippen LogP contribution is 2.21. The van der Waals surface area contributed by atoms with Gasteiger partial charge in [-0.2, -0.15) is 5.26 Å². The standard InChI is InChI=1S/C15H12N4/c1-10-5-11(2)7-13(6-10)15-18-17-14-8-12(9-16)3-4-19(14)15/h3-8H,1-2H3. The maximum absolute atomic E-state index is 8.89. The van der Waals surface area contributed by atoms with Crippen molar-refractivity contribution in [2.75, 3.05) is 0 Å². The quantitative estimate of drug-likeness (QED) is 0.665. The molecule has 0 saturated carbocycles. The minimum absolute atomic E-state index is 0.590. The van der Waals surface area contributed by atoms with Gasteiger partial charge in [0, 0.05) is 17.8 Å². The summed E-state index contributed by atoms with van der Waals surface area (Å²) in [5.74, 6) is 0.797. The van der Waals surface area contributed by atoms with E-state index in [0.717, 1.165) is 11.4 Å². The van der Waals surface area contributed by atoms with Gasteiger partial charge in [0.05, 0.1) is 11.6 Å². The van der Waals surface area contributed by atoms with Crippen LogP contribution in [-0.4, -0.2) is 14.6 Å². The normalized spacial score (nSPS) is 10.6. The molecule has 0 aliphatic heterocycles. The first-order valence-corrected chi connectivity index (χ1v) is 6.01. The molecule has 4 nitrogen and oxygen atoms in total. The Hall–Kier alpha value is -2.67. The molecule has 4 heteroatoms. The summed E-state index contributed by atoms with van der Waals surface area (Å²) < 4.78 is 1.90. The third kappa shape index (κ3) is 1.95. The van der Waals surface area contributed by atoms with Gasteiger partial charge in [0.1, 0.15) is 0 Å². The lowest BCUT2D eigenvalue weighted by atomic mass is 10.1. The minimum atomic E-state index is 0.590. The van der Waals surface area contributed by atoms with Crippen LogP contribution >= 0.6 is 0 Å². The van der Waals surface area contributed by atoms with Crippen LogP contribution < -0.4 is 0 Å². The fraction of sp³-hybridized carbons (Fsp3) is 0.133. The van der Waals surface area contributed by atoms with Crippen LogP contribution in [0.5, 0.6) is 0 Å². The zero-order valence-corrected chi connectivity index (χ0v) is 10.8. The highest BCUT2D eigenvalue weighted by Gasteiger charge is 2.09. The van der Waals surface area contributed by atoms with Crippen molar-refractivity contribution in [3.05, 3.63) is 53.2 Å². The Morgan fingerprint density at radius 3 is 2.47 bits per heavy atom. The Morgan fingerprint density at radius 2 is 1.79 bits per heavy atom. The van der Waals surface area contributed by atoms with E-state index < -0.39 is 0 Å². The molecule has 3 aromatic rings. The second-order valence-electron chi connectivity index (χ2n) is 4.66. The van der Waals surface area contributed by atoms with Gasteiger partial charge in [-0.3, -0.25) is 4.40 Å². The summed E-state index contributed by atoms with van der Waals surface area (Å²) in [5.41, 5.74) is 4.70. The van der Waals surface area contributed by atoms with Gasteiger partial charge >= 0.3 is 0 Å². The summed E-state index contributed by atoms with van der Waals surface area (Å²) in [6.07, 6.45) is 1.83. The maximum Gasteiger partial charge on any atom is 0.168 e. The molecule has 92 valence electrons. The van der Waals surface area contributed by atoms with Crippen molar-refractivity contribution >= 4 is 5.65 Å². The van der Waals surface area contributed by atoms with E-state index in [1.165, 1.54) is 11.1 Å². The molecule has 0 bridgehead atoms. The summed E-state index contributed by atoms with van der Waals surface area (Å²) >= 11 is 0. The Morgan fingerprint density at radius 1 is 1.05 bits per heavy atom. The molecule has 0 fully saturated rings. The smallest absolute Gasteiger partial charge is 0.168 e. The van der Waals surface area contributed by atoms with Crippen molar-refractivity contribution in [1.82, 2.24) is 14.6 Å². The molecule has 0 atom stereocenters. The number of benzene rings is 1. The van der Waals surface area contributed by atoms with Gasteiger partial charge in [-0.05, 0) is 32.0 Å². The Labute approximate surface area is 111 Å². The van der Waals surface area contributed by atoms with Gasteiger partial charge in [-0.1, -0.05) is 17.2 Å². The van der Waals surface area contributed by atoms with E-state index in [1.807, 2.05) is 10.6 Å².